The Balaban J connectivity index is 1.84. The topological polar surface area (TPSA) is 34.4 Å². The highest BCUT2D eigenvalue weighted by Gasteiger charge is 2.21. The van der Waals surface area contributed by atoms with Gasteiger partial charge in [-0.15, -0.1) is 0 Å². The molecule has 1 N–H and O–H groups in total. The van der Waals surface area contributed by atoms with Crippen LogP contribution in [0.1, 0.15) is 56.1 Å². The Labute approximate surface area is 116 Å². The van der Waals surface area contributed by atoms with Crippen molar-refractivity contribution < 1.29 is 9.15 Å². The summed E-state index contributed by atoms with van der Waals surface area (Å²) in [6.45, 7) is 5.78. The van der Waals surface area contributed by atoms with Gasteiger partial charge in [-0.05, 0) is 38.8 Å². The number of hydrogen-bond acceptors (Lipinski definition) is 3. The van der Waals surface area contributed by atoms with Crippen molar-refractivity contribution in [3.63, 3.8) is 0 Å². The fraction of sp³-hybridized carbons (Fsp3) is 0.750. The van der Waals surface area contributed by atoms with Gasteiger partial charge in [0.15, 0.2) is 0 Å². The fourth-order valence-corrected chi connectivity index (χ4v) is 2.96. The summed E-state index contributed by atoms with van der Waals surface area (Å²) in [4.78, 5) is 0. The van der Waals surface area contributed by atoms with Crippen LogP contribution in [0.25, 0.3) is 0 Å². The van der Waals surface area contributed by atoms with Crippen molar-refractivity contribution >= 4 is 0 Å². The number of furan rings is 1. The van der Waals surface area contributed by atoms with Gasteiger partial charge >= 0.3 is 0 Å². The molecule has 1 heterocycles. The smallest absolute Gasteiger partial charge is 0.118 e. The monoisotopic (exact) mass is 265 g/mol. The molecule has 1 aromatic heterocycles. The third-order valence-corrected chi connectivity index (χ3v) is 4.21. The lowest BCUT2D eigenvalue weighted by molar-refractivity contribution is 0.00134. The predicted molar refractivity (Wildman–Crippen MR) is 77.0 cm³/mol. The highest BCUT2D eigenvalue weighted by Crippen LogP contribution is 2.29. The molecule has 3 heteroatoms. The van der Waals surface area contributed by atoms with E-state index >= 15 is 0 Å². The van der Waals surface area contributed by atoms with Gasteiger partial charge in [-0.3, -0.25) is 0 Å². The van der Waals surface area contributed by atoms with Crippen molar-refractivity contribution in [2.75, 3.05) is 7.05 Å². The molecule has 2 rings (SSSR count). The first-order valence-corrected chi connectivity index (χ1v) is 7.57. The zero-order valence-corrected chi connectivity index (χ0v) is 12.5. The maximum atomic E-state index is 6.09. The first kappa shape index (κ1) is 14.6. The molecule has 19 heavy (non-hydrogen) atoms. The van der Waals surface area contributed by atoms with E-state index in [1.54, 1.807) is 0 Å². The quantitative estimate of drug-likeness (QED) is 0.849. The largest absolute Gasteiger partial charge is 0.465 e. The van der Waals surface area contributed by atoms with Crippen LogP contribution in [-0.2, 0) is 17.9 Å². The van der Waals surface area contributed by atoms with Crippen LogP contribution in [-0.4, -0.2) is 13.2 Å². The lowest BCUT2D eigenvalue weighted by Crippen LogP contribution is -2.22. The molecule has 0 aromatic carbocycles. The molecule has 1 saturated carbocycles. The summed E-state index contributed by atoms with van der Waals surface area (Å²) in [7, 11) is 1.93. The number of ether oxygens (including phenoxy) is 1. The standard InChI is InChI=1S/C16H27NO2/c1-4-13-6-5-7-15(8-13)18-11-14-9-16(10-17-3)19-12(14)2/h9,13,15,17H,4-8,10-11H2,1-3H3. The highest BCUT2D eigenvalue weighted by atomic mass is 16.5. The molecule has 108 valence electrons. The molecule has 0 radical (unpaired) electrons. The SMILES string of the molecule is CCC1CCCC(OCc2cc(CNC)oc2C)C1. The number of rotatable bonds is 6. The van der Waals surface area contributed by atoms with E-state index in [1.807, 2.05) is 14.0 Å². The van der Waals surface area contributed by atoms with Gasteiger partial charge in [0, 0.05) is 5.56 Å². The van der Waals surface area contributed by atoms with Crippen molar-refractivity contribution in [3.05, 3.63) is 23.2 Å². The van der Waals surface area contributed by atoms with Gasteiger partial charge in [0.25, 0.3) is 0 Å². The Kier molecular flexibility index (Phi) is 5.46. The summed E-state index contributed by atoms with van der Waals surface area (Å²) in [5.74, 6) is 2.85. The van der Waals surface area contributed by atoms with Gasteiger partial charge in [0.2, 0.25) is 0 Å². The van der Waals surface area contributed by atoms with Gasteiger partial charge in [0.05, 0.1) is 19.3 Å². The second kappa shape index (κ2) is 7.11. The Bertz CT molecular complexity index is 386. The van der Waals surface area contributed by atoms with E-state index in [1.165, 1.54) is 37.7 Å². The van der Waals surface area contributed by atoms with Gasteiger partial charge in [-0.1, -0.05) is 26.2 Å². The lowest BCUT2D eigenvalue weighted by atomic mass is 9.85. The first-order valence-electron chi connectivity index (χ1n) is 7.57. The molecule has 0 spiro atoms. The molecular formula is C16H27NO2. The maximum Gasteiger partial charge on any atom is 0.118 e. The van der Waals surface area contributed by atoms with Crippen molar-refractivity contribution in [1.29, 1.82) is 0 Å². The molecule has 0 bridgehead atoms. The van der Waals surface area contributed by atoms with E-state index in [0.29, 0.717) is 12.7 Å². The van der Waals surface area contributed by atoms with Crippen molar-refractivity contribution in [2.24, 2.45) is 5.92 Å². The molecule has 0 amide bonds. The van der Waals surface area contributed by atoms with Crippen LogP contribution in [0.3, 0.4) is 0 Å². The predicted octanol–water partition coefficient (Wildman–Crippen LogP) is 3.79. The normalized spacial score (nSPS) is 23.7. The molecule has 1 aromatic rings. The molecule has 0 saturated heterocycles. The van der Waals surface area contributed by atoms with Crippen LogP contribution in [0.4, 0.5) is 0 Å². The van der Waals surface area contributed by atoms with Crippen LogP contribution in [0, 0.1) is 12.8 Å². The van der Waals surface area contributed by atoms with Crippen molar-refractivity contribution in [3.8, 4) is 0 Å². The zero-order chi connectivity index (χ0) is 13.7. The summed E-state index contributed by atoms with van der Waals surface area (Å²) < 4.78 is 11.8. The average molecular weight is 265 g/mol. The summed E-state index contributed by atoms with van der Waals surface area (Å²) in [5.41, 5.74) is 1.20. The van der Waals surface area contributed by atoms with Crippen molar-refractivity contribution in [2.45, 2.75) is 65.2 Å². The first-order chi connectivity index (χ1) is 9.22. The minimum atomic E-state index is 0.445. The zero-order valence-electron chi connectivity index (χ0n) is 12.5. The van der Waals surface area contributed by atoms with Crippen molar-refractivity contribution in [1.82, 2.24) is 5.32 Å². The highest BCUT2D eigenvalue weighted by molar-refractivity contribution is 5.19. The fourth-order valence-electron chi connectivity index (χ4n) is 2.96. The molecule has 1 fully saturated rings. The number of aryl methyl sites for hydroxylation is 1. The molecule has 2 atom stereocenters. The minimum Gasteiger partial charge on any atom is -0.465 e. The summed E-state index contributed by atoms with van der Waals surface area (Å²) >= 11 is 0. The third-order valence-electron chi connectivity index (χ3n) is 4.21. The van der Waals surface area contributed by atoms with Crippen LogP contribution in [0.2, 0.25) is 0 Å². The molecular weight excluding hydrogens is 238 g/mol. The second-order valence-electron chi connectivity index (χ2n) is 5.70. The Hall–Kier alpha value is -0.800. The van der Waals surface area contributed by atoms with E-state index in [2.05, 4.69) is 18.3 Å². The maximum absolute atomic E-state index is 6.09. The molecule has 2 unspecified atom stereocenters. The number of nitrogens with one attached hydrogen (secondary N) is 1. The minimum absolute atomic E-state index is 0.445. The summed E-state index contributed by atoms with van der Waals surface area (Å²) in [6.07, 6.45) is 6.89. The number of hydrogen-bond donors (Lipinski definition) is 1. The van der Waals surface area contributed by atoms with E-state index in [0.717, 1.165) is 24.0 Å². The van der Waals surface area contributed by atoms with Crippen LogP contribution in [0.5, 0.6) is 0 Å². The van der Waals surface area contributed by atoms with E-state index in [4.69, 9.17) is 9.15 Å². The van der Waals surface area contributed by atoms with Crippen LogP contribution in [0.15, 0.2) is 10.5 Å². The van der Waals surface area contributed by atoms with Gasteiger partial charge in [-0.2, -0.15) is 0 Å². The molecule has 0 aliphatic heterocycles. The summed E-state index contributed by atoms with van der Waals surface area (Å²) in [5, 5.41) is 3.11. The van der Waals surface area contributed by atoms with Gasteiger partial charge in [-0.25, -0.2) is 0 Å². The van der Waals surface area contributed by atoms with E-state index in [-0.39, 0.29) is 0 Å². The molecule has 3 nitrogen and oxygen atoms in total. The van der Waals surface area contributed by atoms with E-state index in [9.17, 15) is 0 Å². The van der Waals surface area contributed by atoms with Crippen LogP contribution >= 0.6 is 0 Å². The lowest BCUT2D eigenvalue weighted by Gasteiger charge is -2.28. The third kappa shape index (κ3) is 4.08. The van der Waals surface area contributed by atoms with Gasteiger partial charge < -0.3 is 14.5 Å². The Morgan fingerprint density at radius 2 is 2.26 bits per heavy atom. The van der Waals surface area contributed by atoms with Gasteiger partial charge in [0.1, 0.15) is 11.5 Å². The Morgan fingerprint density at radius 3 is 3.00 bits per heavy atom. The Morgan fingerprint density at radius 1 is 1.42 bits per heavy atom. The van der Waals surface area contributed by atoms with Crippen LogP contribution < -0.4 is 5.32 Å². The van der Waals surface area contributed by atoms with E-state index < -0.39 is 0 Å². The molecule has 1 aliphatic rings. The summed E-state index contributed by atoms with van der Waals surface area (Å²) in [6, 6.07) is 2.12. The average Bonchev–Trinajstić information content (AvgIpc) is 2.77. The molecule has 1 aliphatic carbocycles. The second-order valence-corrected chi connectivity index (χ2v) is 5.70.